The maximum atomic E-state index is 12.3. The number of carbonyl (C=O) groups is 1. The molecule has 0 fully saturated rings. The average Bonchev–Trinajstić information content (AvgIpc) is 2.46. The van der Waals surface area contributed by atoms with Crippen molar-refractivity contribution in [2.45, 2.75) is 24.8 Å². The van der Waals surface area contributed by atoms with E-state index < -0.39 is 15.8 Å². The van der Waals surface area contributed by atoms with Crippen molar-refractivity contribution in [1.29, 1.82) is 0 Å². The molecule has 0 spiro atoms. The van der Waals surface area contributed by atoms with Crippen molar-refractivity contribution < 1.29 is 17.9 Å². The minimum absolute atomic E-state index is 0.176. The number of rotatable bonds is 7. The van der Waals surface area contributed by atoms with E-state index in [0.29, 0.717) is 12.3 Å². The zero-order valence-electron chi connectivity index (χ0n) is 12.5. The van der Waals surface area contributed by atoms with Gasteiger partial charge in [0.05, 0.1) is 17.8 Å². The van der Waals surface area contributed by atoms with Crippen molar-refractivity contribution in [3.8, 4) is 5.75 Å². The molecule has 1 aromatic rings. The van der Waals surface area contributed by atoms with Gasteiger partial charge < -0.3 is 15.8 Å². The van der Waals surface area contributed by atoms with Crippen LogP contribution in [0.5, 0.6) is 5.75 Å². The Balaban J connectivity index is 2.77. The number of nitrogens with one attached hydrogen (secondary N) is 1. The summed E-state index contributed by atoms with van der Waals surface area (Å²) in [6.07, 6.45) is 0. The fourth-order valence-electron chi connectivity index (χ4n) is 1.73. The molecule has 1 unspecified atom stereocenters. The largest absolute Gasteiger partial charge is 0.497 e. The SMILES string of the molecule is COc1ccc(S(=O)(=O)CC(C)C(=O)N[C@@H](C)CN)cc1. The summed E-state index contributed by atoms with van der Waals surface area (Å²) >= 11 is 0. The zero-order valence-corrected chi connectivity index (χ0v) is 13.3. The van der Waals surface area contributed by atoms with E-state index in [-0.39, 0.29) is 22.6 Å². The van der Waals surface area contributed by atoms with Crippen LogP contribution in [0, 0.1) is 5.92 Å². The maximum Gasteiger partial charge on any atom is 0.224 e. The first kappa shape index (κ1) is 17.5. The van der Waals surface area contributed by atoms with Crippen molar-refractivity contribution in [2.75, 3.05) is 19.4 Å². The Hall–Kier alpha value is -1.60. The first-order chi connectivity index (χ1) is 9.80. The van der Waals surface area contributed by atoms with Gasteiger partial charge in [-0.05, 0) is 31.2 Å². The zero-order chi connectivity index (χ0) is 16.0. The number of ether oxygens (including phenoxy) is 1. The van der Waals surface area contributed by atoms with Crippen molar-refractivity contribution in [1.82, 2.24) is 5.32 Å². The number of methoxy groups -OCH3 is 1. The van der Waals surface area contributed by atoms with E-state index in [2.05, 4.69) is 5.32 Å². The lowest BCUT2D eigenvalue weighted by atomic mass is 10.2. The van der Waals surface area contributed by atoms with Crippen LogP contribution in [0.3, 0.4) is 0 Å². The molecule has 3 N–H and O–H groups in total. The predicted molar refractivity (Wildman–Crippen MR) is 80.9 cm³/mol. The Morgan fingerprint density at radius 2 is 1.86 bits per heavy atom. The lowest BCUT2D eigenvalue weighted by Crippen LogP contribution is -2.42. The Kier molecular flexibility index (Phi) is 6.17. The summed E-state index contributed by atoms with van der Waals surface area (Å²) in [5, 5.41) is 2.67. The molecule has 0 radical (unpaired) electrons. The Morgan fingerprint density at radius 3 is 2.33 bits per heavy atom. The van der Waals surface area contributed by atoms with Crippen molar-refractivity contribution in [3.63, 3.8) is 0 Å². The van der Waals surface area contributed by atoms with Crippen LogP contribution >= 0.6 is 0 Å². The minimum atomic E-state index is -3.52. The molecule has 0 aliphatic rings. The van der Waals surface area contributed by atoms with Gasteiger partial charge in [-0.2, -0.15) is 0 Å². The lowest BCUT2D eigenvalue weighted by molar-refractivity contribution is -0.124. The second-order valence-corrected chi connectivity index (χ2v) is 7.04. The molecule has 1 amide bonds. The van der Waals surface area contributed by atoms with Crippen LogP contribution in [0.15, 0.2) is 29.2 Å². The number of carbonyl (C=O) groups excluding carboxylic acids is 1. The number of amides is 1. The molecular weight excluding hydrogens is 292 g/mol. The Labute approximate surface area is 125 Å². The molecule has 0 saturated heterocycles. The molecular formula is C14H22N2O4S. The van der Waals surface area contributed by atoms with Crippen LogP contribution in [0.25, 0.3) is 0 Å². The molecule has 1 aromatic carbocycles. The molecule has 0 heterocycles. The average molecular weight is 314 g/mol. The van der Waals surface area contributed by atoms with E-state index in [0.717, 1.165) is 0 Å². The normalized spacial score (nSPS) is 14.3. The number of hydrogen-bond donors (Lipinski definition) is 2. The molecule has 1 rings (SSSR count). The van der Waals surface area contributed by atoms with Gasteiger partial charge in [-0.25, -0.2) is 8.42 Å². The molecule has 0 aliphatic carbocycles. The summed E-state index contributed by atoms with van der Waals surface area (Å²) in [4.78, 5) is 12.0. The minimum Gasteiger partial charge on any atom is -0.497 e. The van der Waals surface area contributed by atoms with E-state index in [9.17, 15) is 13.2 Å². The summed E-state index contributed by atoms with van der Waals surface area (Å²) in [6.45, 7) is 3.66. The van der Waals surface area contributed by atoms with Crippen LogP contribution in [0.1, 0.15) is 13.8 Å². The quantitative estimate of drug-likeness (QED) is 0.766. The highest BCUT2D eigenvalue weighted by Crippen LogP contribution is 2.18. The third-order valence-corrected chi connectivity index (χ3v) is 5.01. The predicted octanol–water partition coefficient (Wildman–Crippen LogP) is 0.568. The molecule has 2 atom stereocenters. The van der Waals surface area contributed by atoms with E-state index in [4.69, 9.17) is 10.5 Å². The second-order valence-electron chi connectivity index (χ2n) is 5.00. The van der Waals surface area contributed by atoms with Gasteiger partial charge in [-0.15, -0.1) is 0 Å². The number of nitrogens with two attached hydrogens (primary N) is 1. The summed E-state index contributed by atoms with van der Waals surface area (Å²) in [7, 11) is -2.01. The van der Waals surface area contributed by atoms with Gasteiger partial charge in [0.25, 0.3) is 0 Å². The van der Waals surface area contributed by atoms with E-state index in [1.54, 1.807) is 26.0 Å². The number of hydrogen-bond acceptors (Lipinski definition) is 5. The molecule has 7 heteroatoms. The summed E-state index contributed by atoms with van der Waals surface area (Å²) in [6, 6.07) is 5.92. The summed E-state index contributed by atoms with van der Waals surface area (Å²) in [5.41, 5.74) is 5.42. The number of sulfone groups is 1. The molecule has 118 valence electrons. The van der Waals surface area contributed by atoms with Crippen molar-refractivity contribution >= 4 is 15.7 Å². The standard InChI is InChI=1S/C14H22N2O4S/c1-10(14(17)16-11(2)8-15)9-21(18,19)13-6-4-12(20-3)5-7-13/h4-7,10-11H,8-9,15H2,1-3H3,(H,16,17)/t10?,11-/m0/s1. The van der Waals surface area contributed by atoms with Gasteiger partial charge in [0, 0.05) is 18.5 Å². The summed E-state index contributed by atoms with van der Waals surface area (Å²) < 4.78 is 29.5. The fraction of sp³-hybridized carbons (Fsp3) is 0.500. The molecule has 0 aromatic heterocycles. The monoisotopic (exact) mass is 314 g/mol. The topological polar surface area (TPSA) is 98.5 Å². The third kappa shape index (κ3) is 5.02. The van der Waals surface area contributed by atoms with Gasteiger partial charge in [-0.3, -0.25) is 4.79 Å². The van der Waals surface area contributed by atoms with Crippen LogP contribution in [0.4, 0.5) is 0 Å². The van der Waals surface area contributed by atoms with Crippen LogP contribution in [-0.4, -0.2) is 39.8 Å². The Bertz CT molecular complexity index is 569. The van der Waals surface area contributed by atoms with Crippen LogP contribution in [0.2, 0.25) is 0 Å². The Morgan fingerprint density at radius 1 is 1.29 bits per heavy atom. The van der Waals surface area contributed by atoms with Gasteiger partial charge in [-0.1, -0.05) is 6.92 Å². The smallest absolute Gasteiger partial charge is 0.224 e. The maximum absolute atomic E-state index is 12.3. The highest BCUT2D eigenvalue weighted by molar-refractivity contribution is 7.91. The molecule has 21 heavy (non-hydrogen) atoms. The lowest BCUT2D eigenvalue weighted by Gasteiger charge is -2.16. The second kappa shape index (κ2) is 7.42. The third-order valence-electron chi connectivity index (χ3n) is 3.08. The first-order valence-corrected chi connectivity index (χ1v) is 8.32. The highest BCUT2D eigenvalue weighted by atomic mass is 32.2. The fourth-order valence-corrected chi connectivity index (χ4v) is 3.28. The summed E-state index contributed by atoms with van der Waals surface area (Å²) in [5.74, 6) is -0.629. The molecule has 0 saturated carbocycles. The van der Waals surface area contributed by atoms with Gasteiger partial charge >= 0.3 is 0 Å². The van der Waals surface area contributed by atoms with Crippen LogP contribution in [-0.2, 0) is 14.6 Å². The highest BCUT2D eigenvalue weighted by Gasteiger charge is 2.23. The van der Waals surface area contributed by atoms with E-state index in [1.165, 1.54) is 19.2 Å². The first-order valence-electron chi connectivity index (χ1n) is 6.67. The van der Waals surface area contributed by atoms with Crippen molar-refractivity contribution in [3.05, 3.63) is 24.3 Å². The number of benzene rings is 1. The molecule has 6 nitrogen and oxygen atoms in total. The van der Waals surface area contributed by atoms with E-state index >= 15 is 0 Å². The van der Waals surface area contributed by atoms with Gasteiger partial charge in [0.2, 0.25) is 5.91 Å². The molecule has 0 bridgehead atoms. The van der Waals surface area contributed by atoms with Gasteiger partial charge in [0.1, 0.15) is 5.75 Å². The van der Waals surface area contributed by atoms with Gasteiger partial charge in [0.15, 0.2) is 9.84 Å². The van der Waals surface area contributed by atoms with E-state index in [1.807, 2.05) is 0 Å². The molecule has 0 aliphatic heterocycles. The van der Waals surface area contributed by atoms with Crippen LogP contribution < -0.4 is 15.8 Å². The van der Waals surface area contributed by atoms with Crippen molar-refractivity contribution in [2.24, 2.45) is 11.7 Å².